The fourth-order valence-electron chi connectivity index (χ4n) is 6.42. The molecule has 7 nitrogen and oxygen atoms in total. The average molecular weight is 626 g/mol. The van der Waals surface area contributed by atoms with E-state index in [9.17, 15) is 0 Å². The highest BCUT2D eigenvalue weighted by molar-refractivity contribution is 6.09. The molecule has 5 aromatic carbocycles. The Labute approximate surface area is 277 Å². The van der Waals surface area contributed by atoms with Gasteiger partial charge in [-0.1, -0.05) is 69.3 Å². The zero-order chi connectivity index (χ0) is 32.4. The normalized spacial score (nSPS) is 12.8. The highest BCUT2D eigenvalue weighted by atomic mass is 16.5. The van der Waals surface area contributed by atoms with Crippen molar-refractivity contribution in [2.45, 2.75) is 26.2 Å². The molecule has 0 bridgehead atoms. The lowest BCUT2D eigenvalue weighted by molar-refractivity contribution is 0.445. The first-order chi connectivity index (χ1) is 23.4. The first-order valence-electron chi connectivity index (χ1n) is 16.0. The summed E-state index contributed by atoms with van der Waals surface area (Å²) in [4.78, 5) is 9.63. The number of aromatic nitrogens is 4. The summed E-state index contributed by atoms with van der Waals surface area (Å²) in [5, 5.41) is 2.31. The summed E-state index contributed by atoms with van der Waals surface area (Å²) >= 11 is 0. The van der Waals surface area contributed by atoms with Gasteiger partial charge in [0.1, 0.15) is 34.3 Å². The van der Waals surface area contributed by atoms with Gasteiger partial charge in [-0.15, -0.1) is 0 Å². The van der Waals surface area contributed by atoms with Gasteiger partial charge in [0, 0.05) is 23.0 Å². The molecular weight excluding hydrogens is 594 g/mol. The molecule has 1 aliphatic heterocycles. The van der Waals surface area contributed by atoms with Crippen molar-refractivity contribution in [2.24, 2.45) is 0 Å². The van der Waals surface area contributed by atoms with Gasteiger partial charge in [0.05, 0.1) is 22.2 Å². The van der Waals surface area contributed by atoms with Crippen molar-refractivity contribution >= 4 is 50.6 Å². The van der Waals surface area contributed by atoms with Crippen molar-refractivity contribution in [3.63, 3.8) is 0 Å². The Bertz CT molecular complexity index is 2550. The van der Waals surface area contributed by atoms with Gasteiger partial charge in [-0.3, -0.25) is 9.14 Å². The van der Waals surface area contributed by atoms with Crippen molar-refractivity contribution < 1.29 is 9.47 Å². The number of benzene rings is 5. The van der Waals surface area contributed by atoms with E-state index >= 15 is 0 Å². The highest BCUT2D eigenvalue weighted by Gasteiger charge is 2.22. The van der Waals surface area contributed by atoms with Crippen molar-refractivity contribution in [1.82, 2.24) is 23.7 Å². The zero-order valence-corrected chi connectivity index (χ0v) is 26.8. The van der Waals surface area contributed by atoms with Gasteiger partial charge in [0.15, 0.2) is 0 Å². The van der Waals surface area contributed by atoms with Gasteiger partial charge in [-0.2, -0.15) is 0 Å². The molecule has 0 radical (unpaired) electrons. The number of hydrogen-bond acceptors (Lipinski definition) is 4. The second-order valence-electron chi connectivity index (χ2n) is 13.0. The van der Waals surface area contributed by atoms with Crippen molar-refractivity contribution in [1.29, 1.82) is 0 Å². The molecule has 0 fully saturated rings. The fraction of sp³-hybridized carbons (Fsp3) is 0.0976. The molecule has 48 heavy (non-hydrogen) atoms. The number of fused-ring (bicyclic) bond motifs is 7. The molecule has 232 valence electrons. The minimum atomic E-state index is -0.00391. The minimum Gasteiger partial charge on any atom is -0.458 e. The van der Waals surface area contributed by atoms with Crippen LogP contribution in [0.5, 0.6) is 23.3 Å². The monoisotopic (exact) mass is 625 g/mol. The lowest BCUT2D eigenvalue weighted by Gasteiger charge is -2.20. The van der Waals surface area contributed by atoms with Crippen molar-refractivity contribution in [2.75, 3.05) is 0 Å². The molecule has 0 unspecified atom stereocenters. The predicted molar refractivity (Wildman–Crippen MR) is 192 cm³/mol. The van der Waals surface area contributed by atoms with E-state index in [0.29, 0.717) is 17.5 Å². The molecule has 0 saturated carbocycles. The summed E-state index contributed by atoms with van der Waals surface area (Å²) in [5.74, 6) is 2.97. The first kappa shape index (κ1) is 28.0. The molecule has 0 atom stereocenters. The summed E-state index contributed by atoms with van der Waals surface area (Å²) < 4.78 is 19.0. The Kier molecular flexibility index (Phi) is 6.24. The number of imidazole rings is 1. The first-order valence-corrected chi connectivity index (χ1v) is 16.0. The van der Waals surface area contributed by atoms with E-state index in [1.807, 2.05) is 94.2 Å². The van der Waals surface area contributed by atoms with E-state index in [-0.39, 0.29) is 5.41 Å². The standard InChI is InChI=1S/C41H31N5O2/c1-41(2,3)27-21-22-42-39(23-27)46-34-14-8-7-13-31(34)32-19-17-29(24-36(32)46)47-30-18-20-33-37(25-30)45-26-44(28-11-5-4-6-12-28)35-15-9-10-16-38(35)48-40(45)43-33/h4-25H,1-3H3. The van der Waals surface area contributed by atoms with E-state index in [0.717, 1.165) is 50.4 Å². The lowest BCUT2D eigenvalue weighted by Crippen LogP contribution is -2.12. The molecule has 7 heteroatoms. The quantitative estimate of drug-likeness (QED) is 0.144. The third-order valence-corrected chi connectivity index (χ3v) is 8.84. The maximum absolute atomic E-state index is 6.57. The van der Waals surface area contributed by atoms with Crippen LogP contribution in [0.3, 0.4) is 0 Å². The summed E-state index contributed by atoms with van der Waals surface area (Å²) in [5.41, 5.74) is 6.77. The summed E-state index contributed by atoms with van der Waals surface area (Å²) in [6.45, 7) is 6.67. The number of para-hydroxylation sites is 4. The number of hydrogen-bond donors (Lipinski definition) is 0. The molecule has 0 saturated heterocycles. The van der Waals surface area contributed by atoms with Crippen LogP contribution in [0.4, 0.5) is 11.4 Å². The smallest absolute Gasteiger partial charge is 0.333 e. The third-order valence-electron chi connectivity index (χ3n) is 8.84. The lowest BCUT2D eigenvalue weighted by atomic mass is 9.88. The highest BCUT2D eigenvalue weighted by Crippen LogP contribution is 2.39. The van der Waals surface area contributed by atoms with Crippen LogP contribution in [0.15, 0.2) is 134 Å². The fourth-order valence-corrected chi connectivity index (χ4v) is 6.42. The molecule has 9 rings (SSSR count). The maximum atomic E-state index is 6.57. The SMILES string of the molecule is CC(C)(C)c1ccnc(-n2c3ccccc3c3ccc(Oc4ccc5nc6n(c5c4)[C-]=[N+](c4ccccc4)c4ccccc4O6)cc32)c1. The van der Waals surface area contributed by atoms with Crippen LogP contribution in [0.25, 0.3) is 38.7 Å². The summed E-state index contributed by atoms with van der Waals surface area (Å²) in [6, 6.07) is 43.3. The van der Waals surface area contributed by atoms with Crippen LogP contribution in [0.1, 0.15) is 26.3 Å². The van der Waals surface area contributed by atoms with Crippen LogP contribution in [-0.4, -0.2) is 25.4 Å². The Morgan fingerprint density at radius 2 is 1.44 bits per heavy atom. The van der Waals surface area contributed by atoms with Crippen LogP contribution >= 0.6 is 0 Å². The van der Waals surface area contributed by atoms with E-state index in [1.54, 1.807) is 0 Å². The van der Waals surface area contributed by atoms with Crippen LogP contribution in [0, 0.1) is 0 Å². The third kappa shape index (κ3) is 4.62. The second kappa shape index (κ2) is 10.7. The molecule has 0 aliphatic carbocycles. The van der Waals surface area contributed by atoms with Gasteiger partial charge in [0.25, 0.3) is 6.34 Å². The van der Waals surface area contributed by atoms with Crippen LogP contribution in [-0.2, 0) is 5.41 Å². The van der Waals surface area contributed by atoms with E-state index < -0.39 is 0 Å². The number of nitrogens with zero attached hydrogens (tertiary/aromatic N) is 5. The van der Waals surface area contributed by atoms with Gasteiger partial charge in [0.2, 0.25) is 0 Å². The van der Waals surface area contributed by atoms with Gasteiger partial charge < -0.3 is 9.47 Å². The molecule has 0 amide bonds. The molecule has 1 aliphatic rings. The van der Waals surface area contributed by atoms with E-state index in [2.05, 4.69) is 80.2 Å². The average Bonchev–Trinajstić information content (AvgIpc) is 3.55. The molecular formula is C41H31N5O2. The molecule has 0 spiro atoms. The van der Waals surface area contributed by atoms with Gasteiger partial charge in [-0.25, -0.2) is 14.5 Å². The number of rotatable bonds is 4. The van der Waals surface area contributed by atoms with Crippen molar-refractivity contribution in [3.05, 3.63) is 139 Å². The Morgan fingerprint density at radius 3 is 2.29 bits per heavy atom. The number of ether oxygens (including phenoxy) is 2. The Hall–Kier alpha value is -6.21. The van der Waals surface area contributed by atoms with Gasteiger partial charge in [-0.05, 0) is 83.8 Å². The second-order valence-corrected chi connectivity index (χ2v) is 13.0. The maximum Gasteiger partial charge on any atom is 0.333 e. The Morgan fingerprint density at radius 1 is 0.708 bits per heavy atom. The van der Waals surface area contributed by atoms with Crippen molar-refractivity contribution in [3.8, 4) is 29.1 Å². The molecule has 3 aromatic heterocycles. The largest absolute Gasteiger partial charge is 0.458 e. The van der Waals surface area contributed by atoms with Gasteiger partial charge >= 0.3 is 6.01 Å². The summed E-state index contributed by atoms with van der Waals surface area (Å²) in [6.07, 6.45) is 5.42. The molecule has 0 N–H and O–H groups in total. The van der Waals surface area contributed by atoms with Crippen LogP contribution in [0.2, 0.25) is 0 Å². The Balaban J connectivity index is 1.16. The van der Waals surface area contributed by atoms with Crippen LogP contribution < -0.4 is 14.0 Å². The molecule has 4 heterocycles. The minimum absolute atomic E-state index is 0.00391. The molecule has 8 aromatic rings. The van der Waals surface area contributed by atoms with E-state index in [1.165, 1.54) is 10.9 Å². The van der Waals surface area contributed by atoms with E-state index in [4.69, 9.17) is 19.4 Å². The summed E-state index contributed by atoms with van der Waals surface area (Å²) in [7, 11) is 0. The predicted octanol–water partition coefficient (Wildman–Crippen LogP) is 10.0. The number of pyridine rings is 1. The topological polar surface area (TPSA) is 57.1 Å². The zero-order valence-electron chi connectivity index (χ0n) is 26.8.